The Labute approximate surface area is 105 Å². The smallest absolute Gasteiger partial charge is 0.318 e. The zero-order valence-corrected chi connectivity index (χ0v) is 10.1. The molecule has 1 unspecified atom stereocenters. The van der Waals surface area contributed by atoms with Crippen molar-refractivity contribution in [2.24, 2.45) is 0 Å². The predicted octanol–water partition coefficient (Wildman–Crippen LogP) is 0.680. The fourth-order valence-electron chi connectivity index (χ4n) is 2.51. The molecule has 2 amide bonds. The topological polar surface area (TPSA) is 61.8 Å². The summed E-state index contributed by atoms with van der Waals surface area (Å²) in [6.07, 6.45) is 0.935. The number of benzene rings is 1. The molecule has 0 aromatic heterocycles. The maximum absolute atomic E-state index is 11.7. The second-order valence-corrected chi connectivity index (χ2v) is 4.64. The highest BCUT2D eigenvalue weighted by Gasteiger charge is 2.29. The number of hydrogen-bond donors (Lipinski definition) is 2. The van der Waals surface area contributed by atoms with Gasteiger partial charge < -0.3 is 20.1 Å². The third-order valence-electron chi connectivity index (χ3n) is 3.47. The highest BCUT2D eigenvalue weighted by atomic mass is 16.5. The number of carbonyl (C=O) groups excluding carboxylic acids is 1. The van der Waals surface area contributed by atoms with E-state index in [1.165, 1.54) is 5.56 Å². The van der Waals surface area contributed by atoms with Crippen LogP contribution in [0.2, 0.25) is 0 Å². The minimum absolute atomic E-state index is 0.00182. The van der Waals surface area contributed by atoms with Gasteiger partial charge in [0.25, 0.3) is 0 Å². The number of carbonyl (C=O) groups is 1. The summed E-state index contributed by atoms with van der Waals surface area (Å²) in [6.45, 7) is 1.74. The van der Waals surface area contributed by atoms with E-state index in [-0.39, 0.29) is 18.7 Å². The standard InChI is InChI=1S/C13H16N2O3/c16-5-4-15-8-11(14-13(15)17)9-1-2-12-10(7-9)3-6-18-12/h1-2,7,11,16H,3-6,8H2,(H,14,17). The largest absolute Gasteiger partial charge is 0.493 e. The van der Waals surface area contributed by atoms with Crippen LogP contribution < -0.4 is 10.1 Å². The second kappa shape index (κ2) is 4.49. The van der Waals surface area contributed by atoms with E-state index in [1.807, 2.05) is 12.1 Å². The van der Waals surface area contributed by atoms with Crippen LogP contribution in [0.25, 0.3) is 0 Å². The summed E-state index contributed by atoms with van der Waals surface area (Å²) in [5.74, 6) is 0.954. The highest BCUT2D eigenvalue weighted by Crippen LogP contribution is 2.29. The van der Waals surface area contributed by atoms with Crippen LogP contribution in [0.1, 0.15) is 17.2 Å². The van der Waals surface area contributed by atoms with Crippen molar-refractivity contribution >= 4 is 6.03 Å². The van der Waals surface area contributed by atoms with Crippen LogP contribution in [-0.2, 0) is 6.42 Å². The van der Waals surface area contributed by atoms with E-state index in [0.717, 1.165) is 24.3 Å². The molecule has 0 bridgehead atoms. The molecule has 1 atom stereocenters. The number of rotatable bonds is 3. The molecule has 2 N–H and O–H groups in total. The molecule has 1 fully saturated rings. The summed E-state index contributed by atoms with van der Waals surface area (Å²) in [4.78, 5) is 13.3. The lowest BCUT2D eigenvalue weighted by molar-refractivity contribution is 0.196. The molecule has 18 heavy (non-hydrogen) atoms. The summed E-state index contributed by atoms with van der Waals surface area (Å²) in [5.41, 5.74) is 2.32. The third kappa shape index (κ3) is 1.90. The van der Waals surface area contributed by atoms with Gasteiger partial charge in [-0.25, -0.2) is 4.79 Å². The van der Waals surface area contributed by atoms with Crippen LogP contribution >= 0.6 is 0 Å². The van der Waals surface area contributed by atoms with Crippen molar-refractivity contribution in [3.8, 4) is 5.75 Å². The molecule has 5 nitrogen and oxygen atoms in total. The SMILES string of the molecule is O=C1NC(c2ccc3c(c2)CCO3)CN1CCO. The van der Waals surface area contributed by atoms with Gasteiger partial charge in [-0.2, -0.15) is 0 Å². The Morgan fingerprint density at radius 1 is 1.50 bits per heavy atom. The van der Waals surface area contributed by atoms with E-state index in [4.69, 9.17) is 9.84 Å². The normalized spacial score (nSPS) is 21.7. The molecule has 3 rings (SSSR count). The summed E-state index contributed by atoms with van der Waals surface area (Å²) in [6, 6.07) is 5.98. The molecule has 0 spiro atoms. The lowest BCUT2D eigenvalue weighted by Crippen LogP contribution is -2.30. The molecule has 1 aromatic carbocycles. The van der Waals surface area contributed by atoms with E-state index in [2.05, 4.69) is 11.4 Å². The second-order valence-electron chi connectivity index (χ2n) is 4.64. The first-order valence-electron chi connectivity index (χ1n) is 6.20. The monoisotopic (exact) mass is 248 g/mol. The molecule has 1 saturated heterocycles. The van der Waals surface area contributed by atoms with Crippen LogP contribution in [0, 0.1) is 0 Å². The molecule has 1 aromatic rings. The van der Waals surface area contributed by atoms with Crippen molar-refractivity contribution < 1.29 is 14.6 Å². The fraction of sp³-hybridized carbons (Fsp3) is 0.462. The van der Waals surface area contributed by atoms with Gasteiger partial charge in [-0.15, -0.1) is 0 Å². The molecule has 5 heteroatoms. The number of fused-ring (bicyclic) bond motifs is 1. The number of β-amino-alcohol motifs (C(OH)–C–C–N with tert-alkyl or cyclic N) is 1. The van der Waals surface area contributed by atoms with Crippen molar-refractivity contribution in [3.05, 3.63) is 29.3 Å². The van der Waals surface area contributed by atoms with Crippen molar-refractivity contribution in [2.75, 3.05) is 26.3 Å². The molecule has 96 valence electrons. The Bertz CT molecular complexity index is 475. The van der Waals surface area contributed by atoms with Crippen molar-refractivity contribution in [2.45, 2.75) is 12.5 Å². The van der Waals surface area contributed by atoms with Crippen LogP contribution in [-0.4, -0.2) is 42.3 Å². The van der Waals surface area contributed by atoms with Gasteiger partial charge >= 0.3 is 6.03 Å². The Morgan fingerprint density at radius 2 is 2.39 bits per heavy atom. The first-order chi connectivity index (χ1) is 8.78. The summed E-state index contributed by atoms with van der Waals surface area (Å²) in [7, 11) is 0. The van der Waals surface area contributed by atoms with E-state index >= 15 is 0 Å². The molecular weight excluding hydrogens is 232 g/mol. The highest BCUT2D eigenvalue weighted by molar-refractivity contribution is 5.77. The van der Waals surface area contributed by atoms with Gasteiger partial charge in [-0.1, -0.05) is 6.07 Å². The van der Waals surface area contributed by atoms with Gasteiger partial charge in [0, 0.05) is 19.5 Å². The zero-order chi connectivity index (χ0) is 12.5. The minimum atomic E-state index is -0.106. The predicted molar refractivity (Wildman–Crippen MR) is 65.6 cm³/mol. The number of urea groups is 1. The van der Waals surface area contributed by atoms with Crippen LogP contribution in [0.3, 0.4) is 0 Å². The van der Waals surface area contributed by atoms with Gasteiger partial charge in [-0.05, 0) is 23.3 Å². The quantitative estimate of drug-likeness (QED) is 0.827. The Morgan fingerprint density at radius 3 is 3.22 bits per heavy atom. The van der Waals surface area contributed by atoms with Crippen molar-refractivity contribution in [1.82, 2.24) is 10.2 Å². The van der Waals surface area contributed by atoms with Gasteiger partial charge in [0.2, 0.25) is 0 Å². The fourth-order valence-corrected chi connectivity index (χ4v) is 2.51. The summed E-state index contributed by atoms with van der Waals surface area (Å²) >= 11 is 0. The van der Waals surface area contributed by atoms with Crippen molar-refractivity contribution in [1.29, 1.82) is 0 Å². The molecule has 0 saturated carbocycles. The number of nitrogens with zero attached hydrogens (tertiary/aromatic N) is 1. The van der Waals surface area contributed by atoms with Crippen LogP contribution in [0.5, 0.6) is 5.75 Å². The van der Waals surface area contributed by atoms with Gasteiger partial charge in [0.05, 0.1) is 19.3 Å². The molecule has 0 aliphatic carbocycles. The van der Waals surface area contributed by atoms with Crippen LogP contribution in [0.15, 0.2) is 18.2 Å². The van der Waals surface area contributed by atoms with Gasteiger partial charge in [0.15, 0.2) is 0 Å². The third-order valence-corrected chi connectivity index (χ3v) is 3.47. The average molecular weight is 248 g/mol. The lowest BCUT2D eigenvalue weighted by Gasteiger charge is -2.13. The first-order valence-corrected chi connectivity index (χ1v) is 6.20. The van der Waals surface area contributed by atoms with E-state index < -0.39 is 0 Å². The molecule has 2 aliphatic heterocycles. The minimum Gasteiger partial charge on any atom is -0.493 e. The number of amides is 2. The number of aliphatic hydroxyl groups is 1. The summed E-state index contributed by atoms with van der Waals surface area (Å²) in [5, 5.41) is 11.8. The maximum atomic E-state index is 11.7. The summed E-state index contributed by atoms with van der Waals surface area (Å²) < 4.78 is 5.47. The zero-order valence-electron chi connectivity index (χ0n) is 10.1. The Hall–Kier alpha value is -1.75. The first kappa shape index (κ1) is 11.3. The molecule has 2 aliphatic rings. The molecule has 0 radical (unpaired) electrons. The number of ether oxygens (including phenoxy) is 1. The van der Waals surface area contributed by atoms with Crippen molar-refractivity contribution in [3.63, 3.8) is 0 Å². The van der Waals surface area contributed by atoms with E-state index in [9.17, 15) is 4.79 Å². The maximum Gasteiger partial charge on any atom is 0.318 e. The lowest BCUT2D eigenvalue weighted by atomic mass is 10.0. The van der Waals surface area contributed by atoms with E-state index in [0.29, 0.717) is 13.1 Å². The Kier molecular flexibility index (Phi) is 2.83. The average Bonchev–Trinajstić information content (AvgIpc) is 2.96. The van der Waals surface area contributed by atoms with Crippen LogP contribution in [0.4, 0.5) is 4.79 Å². The molecule has 2 heterocycles. The Balaban J connectivity index is 1.78. The van der Waals surface area contributed by atoms with E-state index in [1.54, 1.807) is 4.90 Å². The molecular formula is C13H16N2O3. The van der Waals surface area contributed by atoms with Gasteiger partial charge in [0.1, 0.15) is 5.75 Å². The number of hydrogen-bond acceptors (Lipinski definition) is 3. The number of aliphatic hydroxyl groups excluding tert-OH is 1. The number of nitrogens with one attached hydrogen (secondary N) is 1. The van der Waals surface area contributed by atoms with Gasteiger partial charge in [-0.3, -0.25) is 0 Å².